The molecule has 1 N–H and O–H groups in total. The van der Waals surface area contributed by atoms with Crippen molar-refractivity contribution in [2.45, 2.75) is 13.5 Å². The summed E-state index contributed by atoms with van der Waals surface area (Å²) >= 11 is 0. The third-order valence-corrected chi connectivity index (χ3v) is 3.25. The molecule has 2 heteroatoms. The molecule has 0 aliphatic heterocycles. The SMILES string of the molecule is CCNCc1ccc(-c2ccc(N(C)C)cc2)cc1. The zero-order valence-electron chi connectivity index (χ0n) is 12.0. The Labute approximate surface area is 116 Å². The summed E-state index contributed by atoms with van der Waals surface area (Å²) in [5.41, 5.74) is 5.09. The van der Waals surface area contributed by atoms with Crippen LogP contribution in [0.2, 0.25) is 0 Å². The maximum absolute atomic E-state index is 3.34. The standard InChI is InChI=1S/C17H22N2/c1-4-18-13-14-5-7-15(8-6-14)16-9-11-17(12-10-16)19(2)3/h5-12,18H,4,13H2,1-3H3. The average molecular weight is 254 g/mol. The van der Waals surface area contributed by atoms with E-state index in [0.717, 1.165) is 13.1 Å². The van der Waals surface area contributed by atoms with E-state index in [1.54, 1.807) is 0 Å². The fourth-order valence-electron chi connectivity index (χ4n) is 2.04. The topological polar surface area (TPSA) is 15.3 Å². The molecule has 2 nitrogen and oxygen atoms in total. The average Bonchev–Trinajstić information content (AvgIpc) is 2.46. The molecule has 0 spiro atoms. The van der Waals surface area contributed by atoms with Gasteiger partial charge in [-0.3, -0.25) is 0 Å². The Balaban J connectivity index is 2.13. The molecule has 0 saturated heterocycles. The highest BCUT2D eigenvalue weighted by Gasteiger charge is 1.99. The molecule has 19 heavy (non-hydrogen) atoms. The van der Waals surface area contributed by atoms with Crippen LogP contribution < -0.4 is 10.2 Å². The molecule has 0 amide bonds. The summed E-state index contributed by atoms with van der Waals surface area (Å²) in [7, 11) is 4.12. The van der Waals surface area contributed by atoms with Crippen LogP contribution in [0.15, 0.2) is 48.5 Å². The Bertz CT molecular complexity index is 498. The minimum Gasteiger partial charge on any atom is -0.378 e. The molecule has 0 atom stereocenters. The van der Waals surface area contributed by atoms with Crippen LogP contribution in [0.4, 0.5) is 5.69 Å². The minimum atomic E-state index is 0.941. The lowest BCUT2D eigenvalue weighted by Gasteiger charge is -2.13. The van der Waals surface area contributed by atoms with E-state index in [0.29, 0.717) is 0 Å². The Morgan fingerprint density at radius 1 is 0.842 bits per heavy atom. The number of anilines is 1. The molecule has 0 saturated carbocycles. The summed E-state index contributed by atoms with van der Waals surface area (Å²) in [6, 6.07) is 17.4. The molecule has 2 aromatic rings. The van der Waals surface area contributed by atoms with Gasteiger partial charge in [-0.1, -0.05) is 43.3 Å². The fourth-order valence-corrected chi connectivity index (χ4v) is 2.04. The quantitative estimate of drug-likeness (QED) is 0.878. The van der Waals surface area contributed by atoms with Crippen LogP contribution >= 0.6 is 0 Å². The van der Waals surface area contributed by atoms with Gasteiger partial charge in [-0.15, -0.1) is 0 Å². The first-order chi connectivity index (χ1) is 9.20. The lowest BCUT2D eigenvalue weighted by atomic mass is 10.0. The highest BCUT2D eigenvalue weighted by Crippen LogP contribution is 2.22. The van der Waals surface area contributed by atoms with Crippen LogP contribution in [0.5, 0.6) is 0 Å². The molecule has 0 radical (unpaired) electrons. The molecule has 0 bridgehead atoms. The highest BCUT2D eigenvalue weighted by atomic mass is 15.1. The fraction of sp³-hybridized carbons (Fsp3) is 0.294. The predicted octanol–water partition coefficient (Wildman–Crippen LogP) is 3.53. The lowest BCUT2D eigenvalue weighted by molar-refractivity contribution is 0.727. The Hall–Kier alpha value is -1.80. The second-order valence-corrected chi connectivity index (χ2v) is 4.92. The van der Waals surface area contributed by atoms with Crippen molar-refractivity contribution in [1.29, 1.82) is 0 Å². The summed E-state index contributed by atoms with van der Waals surface area (Å²) in [6.45, 7) is 4.07. The third kappa shape index (κ3) is 3.58. The summed E-state index contributed by atoms with van der Waals surface area (Å²) in [6.07, 6.45) is 0. The van der Waals surface area contributed by atoms with E-state index in [2.05, 4.69) is 79.8 Å². The molecular formula is C17H22N2. The van der Waals surface area contributed by atoms with E-state index in [1.165, 1.54) is 22.4 Å². The van der Waals surface area contributed by atoms with Crippen molar-refractivity contribution in [1.82, 2.24) is 5.32 Å². The molecule has 2 aromatic carbocycles. The van der Waals surface area contributed by atoms with Crippen molar-refractivity contribution >= 4 is 5.69 Å². The van der Waals surface area contributed by atoms with Gasteiger partial charge in [0.05, 0.1) is 0 Å². The van der Waals surface area contributed by atoms with Crippen molar-refractivity contribution in [3.05, 3.63) is 54.1 Å². The molecule has 0 aliphatic rings. The van der Waals surface area contributed by atoms with Gasteiger partial charge in [-0.05, 0) is 35.4 Å². The first-order valence-corrected chi connectivity index (χ1v) is 6.78. The van der Waals surface area contributed by atoms with Crippen molar-refractivity contribution in [3.8, 4) is 11.1 Å². The Morgan fingerprint density at radius 3 is 1.84 bits per heavy atom. The van der Waals surface area contributed by atoms with Gasteiger partial charge in [0.2, 0.25) is 0 Å². The van der Waals surface area contributed by atoms with Gasteiger partial charge in [0.25, 0.3) is 0 Å². The highest BCUT2D eigenvalue weighted by molar-refractivity contribution is 5.66. The number of rotatable bonds is 5. The molecule has 0 aliphatic carbocycles. The van der Waals surface area contributed by atoms with Crippen LogP contribution in [-0.2, 0) is 6.54 Å². The molecule has 0 unspecified atom stereocenters. The zero-order chi connectivity index (χ0) is 13.7. The maximum Gasteiger partial charge on any atom is 0.0361 e. The first-order valence-electron chi connectivity index (χ1n) is 6.78. The van der Waals surface area contributed by atoms with Gasteiger partial charge in [0.1, 0.15) is 0 Å². The van der Waals surface area contributed by atoms with E-state index in [1.807, 2.05) is 0 Å². The number of benzene rings is 2. The number of nitrogens with zero attached hydrogens (tertiary/aromatic N) is 1. The zero-order valence-corrected chi connectivity index (χ0v) is 12.0. The second-order valence-electron chi connectivity index (χ2n) is 4.92. The van der Waals surface area contributed by atoms with Crippen LogP contribution in [-0.4, -0.2) is 20.6 Å². The van der Waals surface area contributed by atoms with Gasteiger partial charge in [0, 0.05) is 26.3 Å². The van der Waals surface area contributed by atoms with Crippen LogP contribution in [0.1, 0.15) is 12.5 Å². The van der Waals surface area contributed by atoms with Crippen LogP contribution in [0.3, 0.4) is 0 Å². The van der Waals surface area contributed by atoms with Crippen molar-refractivity contribution in [2.24, 2.45) is 0 Å². The maximum atomic E-state index is 3.34. The van der Waals surface area contributed by atoms with E-state index in [9.17, 15) is 0 Å². The molecule has 0 heterocycles. The van der Waals surface area contributed by atoms with E-state index in [4.69, 9.17) is 0 Å². The van der Waals surface area contributed by atoms with Gasteiger partial charge in [-0.2, -0.15) is 0 Å². The van der Waals surface area contributed by atoms with Gasteiger partial charge >= 0.3 is 0 Å². The van der Waals surface area contributed by atoms with E-state index in [-0.39, 0.29) is 0 Å². The Kier molecular flexibility index (Phi) is 4.58. The van der Waals surface area contributed by atoms with Crippen molar-refractivity contribution < 1.29 is 0 Å². The predicted molar refractivity (Wildman–Crippen MR) is 83.6 cm³/mol. The normalized spacial score (nSPS) is 10.5. The largest absolute Gasteiger partial charge is 0.378 e. The Morgan fingerprint density at radius 2 is 1.37 bits per heavy atom. The second kappa shape index (κ2) is 6.39. The number of hydrogen-bond acceptors (Lipinski definition) is 2. The van der Waals surface area contributed by atoms with Gasteiger partial charge < -0.3 is 10.2 Å². The third-order valence-electron chi connectivity index (χ3n) is 3.25. The molecular weight excluding hydrogens is 232 g/mol. The summed E-state index contributed by atoms with van der Waals surface area (Å²) in [4.78, 5) is 2.11. The van der Waals surface area contributed by atoms with Crippen molar-refractivity contribution in [2.75, 3.05) is 25.5 Å². The first kappa shape index (κ1) is 13.6. The van der Waals surface area contributed by atoms with E-state index < -0.39 is 0 Å². The van der Waals surface area contributed by atoms with Gasteiger partial charge in [0.15, 0.2) is 0 Å². The van der Waals surface area contributed by atoms with Crippen LogP contribution in [0, 0.1) is 0 Å². The summed E-state index contributed by atoms with van der Waals surface area (Å²) in [5.74, 6) is 0. The monoisotopic (exact) mass is 254 g/mol. The molecule has 100 valence electrons. The summed E-state index contributed by atoms with van der Waals surface area (Å²) in [5, 5.41) is 3.34. The number of nitrogens with one attached hydrogen (secondary N) is 1. The molecule has 0 aromatic heterocycles. The van der Waals surface area contributed by atoms with Gasteiger partial charge in [-0.25, -0.2) is 0 Å². The van der Waals surface area contributed by atoms with E-state index >= 15 is 0 Å². The van der Waals surface area contributed by atoms with Crippen molar-refractivity contribution in [3.63, 3.8) is 0 Å². The molecule has 2 rings (SSSR count). The number of hydrogen-bond donors (Lipinski definition) is 1. The summed E-state index contributed by atoms with van der Waals surface area (Å²) < 4.78 is 0. The van der Waals surface area contributed by atoms with Crippen LogP contribution in [0.25, 0.3) is 11.1 Å². The molecule has 0 fully saturated rings. The smallest absolute Gasteiger partial charge is 0.0361 e. The lowest BCUT2D eigenvalue weighted by Crippen LogP contribution is -2.11. The minimum absolute atomic E-state index is 0.941.